The molecular weight excluding hydrogens is 362 g/mol. The highest BCUT2D eigenvalue weighted by atomic mass is 32.2. The molecule has 2 saturated heterocycles. The molecule has 0 spiro atoms. The number of thioether (sulfide) groups is 1. The summed E-state index contributed by atoms with van der Waals surface area (Å²) in [5.74, 6) is 0.419. The summed E-state index contributed by atoms with van der Waals surface area (Å²) in [7, 11) is 0. The van der Waals surface area contributed by atoms with Crippen LogP contribution in [0, 0.1) is 5.92 Å². The van der Waals surface area contributed by atoms with Crippen molar-refractivity contribution in [2.75, 3.05) is 13.1 Å². The summed E-state index contributed by atoms with van der Waals surface area (Å²) in [5, 5.41) is 2.87. The second-order valence-electron chi connectivity index (χ2n) is 7.15. The third-order valence-electron chi connectivity index (χ3n) is 5.19. The number of piperidine rings is 1. The van der Waals surface area contributed by atoms with Gasteiger partial charge >= 0.3 is 0 Å². The maximum atomic E-state index is 12.7. The molecule has 0 aliphatic carbocycles. The molecule has 1 aromatic heterocycles. The first-order valence-corrected chi connectivity index (χ1v) is 9.93. The van der Waals surface area contributed by atoms with Crippen molar-refractivity contribution in [3.63, 3.8) is 0 Å². The van der Waals surface area contributed by atoms with Crippen LogP contribution in [-0.4, -0.2) is 39.6 Å². The Labute approximate surface area is 161 Å². The number of hydrogen-bond donors (Lipinski definition) is 1. The molecule has 3 amide bonds. The lowest BCUT2D eigenvalue weighted by Gasteiger charge is -2.30. The summed E-state index contributed by atoms with van der Waals surface area (Å²) in [6.45, 7) is 4.13. The normalized spacial score (nSPS) is 19.9. The van der Waals surface area contributed by atoms with Crippen molar-refractivity contribution in [3.8, 4) is 0 Å². The predicted molar refractivity (Wildman–Crippen MR) is 106 cm³/mol. The van der Waals surface area contributed by atoms with Crippen LogP contribution in [0.1, 0.15) is 25.3 Å². The highest BCUT2D eigenvalue weighted by molar-refractivity contribution is 8.18. The van der Waals surface area contributed by atoms with Gasteiger partial charge in [-0.25, -0.2) is 0 Å². The van der Waals surface area contributed by atoms with E-state index in [0.29, 0.717) is 10.8 Å². The number of likely N-dealkylation sites (tertiary alicyclic amines) is 1. The number of hydrogen-bond acceptors (Lipinski definition) is 4. The molecule has 0 unspecified atom stereocenters. The minimum atomic E-state index is -0.375. The van der Waals surface area contributed by atoms with Crippen molar-refractivity contribution in [1.29, 1.82) is 0 Å². The van der Waals surface area contributed by atoms with E-state index in [1.807, 2.05) is 39.9 Å². The molecule has 0 atom stereocenters. The SMILES string of the molecule is CC1CCN(C(=O)Cn2cc(/C=C3\SC(=O)NC3=O)c3ccccc32)CC1. The Morgan fingerprint density at radius 2 is 2.00 bits per heavy atom. The first-order chi connectivity index (χ1) is 13.0. The lowest BCUT2D eigenvalue weighted by Crippen LogP contribution is -2.39. The van der Waals surface area contributed by atoms with Crippen LogP contribution in [0.4, 0.5) is 4.79 Å². The molecule has 2 aromatic rings. The molecule has 7 heteroatoms. The minimum absolute atomic E-state index is 0.116. The Morgan fingerprint density at radius 3 is 2.70 bits per heavy atom. The average molecular weight is 383 g/mol. The number of nitrogens with zero attached hydrogens (tertiary/aromatic N) is 2. The van der Waals surface area contributed by atoms with Gasteiger partial charge in [0.1, 0.15) is 6.54 Å². The van der Waals surface area contributed by atoms with Gasteiger partial charge in [-0.1, -0.05) is 25.1 Å². The lowest BCUT2D eigenvalue weighted by molar-refractivity contribution is -0.133. The molecule has 0 saturated carbocycles. The van der Waals surface area contributed by atoms with Gasteiger partial charge in [0.15, 0.2) is 0 Å². The molecule has 27 heavy (non-hydrogen) atoms. The summed E-state index contributed by atoms with van der Waals surface area (Å²) in [6.07, 6.45) is 5.71. The molecule has 1 N–H and O–H groups in total. The van der Waals surface area contributed by atoms with Gasteiger partial charge in [0.2, 0.25) is 5.91 Å². The molecule has 2 fully saturated rings. The zero-order valence-electron chi connectivity index (χ0n) is 15.1. The van der Waals surface area contributed by atoms with E-state index in [1.165, 1.54) is 0 Å². The second kappa shape index (κ2) is 7.23. The smallest absolute Gasteiger partial charge is 0.290 e. The van der Waals surface area contributed by atoms with Crippen LogP contribution in [0.2, 0.25) is 0 Å². The minimum Gasteiger partial charge on any atom is -0.341 e. The number of nitrogens with one attached hydrogen (secondary N) is 1. The third kappa shape index (κ3) is 3.64. The number of carbonyl (C=O) groups excluding carboxylic acids is 3. The van der Waals surface area contributed by atoms with E-state index >= 15 is 0 Å². The molecule has 2 aliphatic rings. The van der Waals surface area contributed by atoms with E-state index in [2.05, 4.69) is 12.2 Å². The van der Waals surface area contributed by atoms with Gasteiger partial charge in [0.25, 0.3) is 11.1 Å². The van der Waals surface area contributed by atoms with Gasteiger partial charge in [-0.15, -0.1) is 0 Å². The number of carbonyl (C=O) groups is 3. The van der Waals surface area contributed by atoms with E-state index in [1.54, 1.807) is 6.08 Å². The number of benzene rings is 1. The van der Waals surface area contributed by atoms with Gasteiger partial charge in [-0.2, -0.15) is 0 Å². The third-order valence-corrected chi connectivity index (χ3v) is 6.00. The Bertz CT molecular complexity index is 955. The number of fused-ring (bicyclic) bond motifs is 1. The van der Waals surface area contributed by atoms with Crippen LogP contribution in [-0.2, 0) is 16.1 Å². The number of amides is 3. The van der Waals surface area contributed by atoms with Crippen molar-refractivity contribution in [3.05, 3.63) is 40.9 Å². The number of imide groups is 1. The molecule has 0 bridgehead atoms. The molecule has 0 radical (unpaired) electrons. The van der Waals surface area contributed by atoms with Gasteiger partial charge < -0.3 is 9.47 Å². The standard InChI is InChI=1S/C20H21N3O3S/c1-13-6-8-22(9-7-13)18(24)12-23-11-14(15-4-2-3-5-16(15)23)10-17-19(25)21-20(26)27-17/h2-5,10-11,13H,6-9,12H2,1H3,(H,21,25,26)/b17-10-. The Balaban J connectivity index is 1.62. The van der Waals surface area contributed by atoms with E-state index in [-0.39, 0.29) is 23.6 Å². The summed E-state index contributed by atoms with van der Waals surface area (Å²) in [5.41, 5.74) is 1.77. The van der Waals surface area contributed by atoms with Crippen molar-refractivity contribution >= 4 is 45.8 Å². The molecule has 2 aliphatic heterocycles. The van der Waals surface area contributed by atoms with Crippen LogP contribution < -0.4 is 5.32 Å². The van der Waals surface area contributed by atoms with E-state index < -0.39 is 0 Å². The maximum Gasteiger partial charge on any atom is 0.290 e. The van der Waals surface area contributed by atoms with Gasteiger partial charge in [0, 0.05) is 35.8 Å². The van der Waals surface area contributed by atoms with Crippen LogP contribution >= 0.6 is 11.8 Å². The highest BCUT2D eigenvalue weighted by Crippen LogP contribution is 2.29. The van der Waals surface area contributed by atoms with Crippen LogP contribution in [0.25, 0.3) is 17.0 Å². The summed E-state index contributed by atoms with van der Waals surface area (Å²) in [4.78, 5) is 38.3. The number of rotatable bonds is 3. The first kappa shape index (κ1) is 17.9. The van der Waals surface area contributed by atoms with Crippen molar-refractivity contribution in [2.24, 2.45) is 5.92 Å². The molecule has 4 rings (SSSR count). The van der Waals surface area contributed by atoms with Crippen LogP contribution in [0.3, 0.4) is 0 Å². The highest BCUT2D eigenvalue weighted by Gasteiger charge is 2.26. The van der Waals surface area contributed by atoms with E-state index in [0.717, 1.165) is 54.2 Å². The predicted octanol–water partition coefficient (Wildman–Crippen LogP) is 3.22. The second-order valence-corrected chi connectivity index (χ2v) is 8.16. The fourth-order valence-corrected chi connectivity index (χ4v) is 4.26. The Kier molecular flexibility index (Phi) is 4.78. The maximum absolute atomic E-state index is 12.7. The van der Waals surface area contributed by atoms with Crippen molar-refractivity contribution in [2.45, 2.75) is 26.3 Å². The zero-order valence-corrected chi connectivity index (χ0v) is 15.9. The van der Waals surface area contributed by atoms with Gasteiger partial charge in [-0.3, -0.25) is 19.7 Å². The Hall–Kier alpha value is -2.54. The van der Waals surface area contributed by atoms with E-state index in [9.17, 15) is 14.4 Å². The van der Waals surface area contributed by atoms with Crippen molar-refractivity contribution < 1.29 is 14.4 Å². The quantitative estimate of drug-likeness (QED) is 0.826. The largest absolute Gasteiger partial charge is 0.341 e. The molecule has 140 valence electrons. The molecule has 6 nitrogen and oxygen atoms in total. The van der Waals surface area contributed by atoms with E-state index in [4.69, 9.17) is 0 Å². The fraction of sp³-hybridized carbons (Fsp3) is 0.350. The number of para-hydroxylation sites is 1. The zero-order chi connectivity index (χ0) is 19.0. The van der Waals surface area contributed by atoms with Gasteiger partial charge in [0.05, 0.1) is 4.91 Å². The topological polar surface area (TPSA) is 71.4 Å². The molecular formula is C20H21N3O3S. The fourth-order valence-electron chi connectivity index (χ4n) is 3.59. The number of aromatic nitrogens is 1. The van der Waals surface area contributed by atoms with Crippen LogP contribution in [0.15, 0.2) is 35.4 Å². The lowest BCUT2D eigenvalue weighted by atomic mass is 9.99. The Morgan fingerprint density at radius 1 is 1.26 bits per heavy atom. The summed E-state index contributed by atoms with van der Waals surface area (Å²) in [6, 6.07) is 7.79. The van der Waals surface area contributed by atoms with Gasteiger partial charge in [-0.05, 0) is 42.7 Å². The summed E-state index contributed by atoms with van der Waals surface area (Å²) < 4.78 is 1.93. The summed E-state index contributed by atoms with van der Waals surface area (Å²) >= 11 is 0.900. The van der Waals surface area contributed by atoms with Crippen LogP contribution in [0.5, 0.6) is 0 Å². The average Bonchev–Trinajstić information content (AvgIpc) is 3.15. The van der Waals surface area contributed by atoms with Crippen molar-refractivity contribution in [1.82, 2.24) is 14.8 Å². The monoisotopic (exact) mass is 383 g/mol. The first-order valence-electron chi connectivity index (χ1n) is 9.12. The molecule has 3 heterocycles. The molecule has 1 aromatic carbocycles.